The molecule has 3 rings (SSSR count). The SMILES string of the molecule is O=C(Cc1ccc(Br)cc1)NCCOc1ccc2ncccc2c1. The normalized spacial score (nSPS) is 10.5. The predicted octanol–water partition coefficient (Wildman–Crippen LogP) is 3.74. The lowest BCUT2D eigenvalue weighted by atomic mass is 10.1. The van der Waals surface area contributed by atoms with Crippen LogP contribution in [-0.4, -0.2) is 24.0 Å². The molecule has 3 aromatic rings. The Balaban J connectivity index is 1.44. The molecule has 0 saturated carbocycles. The number of benzene rings is 2. The van der Waals surface area contributed by atoms with E-state index < -0.39 is 0 Å². The van der Waals surface area contributed by atoms with Gasteiger partial charge in [-0.1, -0.05) is 34.1 Å². The quantitative estimate of drug-likeness (QED) is 0.658. The van der Waals surface area contributed by atoms with Crippen molar-refractivity contribution in [3.8, 4) is 5.75 Å². The first-order valence-corrected chi connectivity index (χ1v) is 8.49. The molecule has 24 heavy (non-hydrogen) atoms. The van der Waals surface area contributed by atoms with E-state index in [0.29, 0.717) is 19.6 Å². The van der Waals surface area contributed by atoms with Crippen LogP contribution in [0.1, 0.15) is 5.56 Å². The van der Waals surface area contributed by atoms with Crippen LogP contribution in [-0.2, 0) is 11.2 Å². The monoisotopic (exact) mass is 384 g/mol. The maximum absolute atomic E-state index is 11.9. The first-order valence-electron chi connectivity index (χ1n) is 7.69. The van der Waals surface area contributed by atoms with E-state index in [4.69, 9.17) is 4.74 Å². The molecule has 0 saturated heterocycles. The van der Waals surface area contributed by atoms with Gasteiger partial charge in [-0.3, -0.25) is 9.78 Å². The van der Waals surface area contributed by atoms with E-state index in [9.17, 15) is 4.79 Å². The summed E-state index contributed by atoms with van der Waals surface area (Å²) < 4.78 is 6.69. The zero-order valence-electron chi connectivity index (χ0n) is 13.0. The Morgan fingerprint density at radius 3 is 2.79 bits per heavy atom. The molecule has 0 aliphatic carbocycles. The molecule has 1 heterocycles. The summed E-state index contributed by atoms with van der Waals surface area (Å²) in [7, 11) is 0. The first-order chi connectivity index (χ1) is 11.7. The molecule has 1 amide bonds. The second kappa shape index (κ2) is 7.93. The number of halogens is 1. The second-order valence-electron chi connectivity index (χ2n) is 5.36. The van der Waals surface area contributed by atoms with Crippen LogP contribution in [0.3, 0.4) is 0 Å². The van der Waals surface area contributed by atoms with Crippen LogP contribution in [0.2, 0.25) is 0 Å². The predicted molar refractivity (Wildman–Crippen MR) is 98.1 cm³/mol. The zero-order valence-corrected chi connectivity index (χ0v) is 14.6. The van der Waals surface area contributed by atoms with Gasteiger partial charge < -0.3 is 10.1 Å². The molecule has 0 fully saturated rings. The minimum atomic E-state index is -0.0105. The number of ether oxygens (including phenoxy) is 1. The zero-order chi connectivity index (χ0) is 16.8. The van der Waals surface area contributed by atoms with Crippen molar-refractivity contribution >= 4 is 32.7 Å². The molecule has 0 bridgehead atoms. The van der Waals surface area contributed by atoms with Crippen molar-refractivity contribution in [2.75, 3.05) is 13.2 Å². The van der Waals surface area contributed by atoms with E-state index in [-0.39, 0.29) is 5.91 Å². The van der Waals surface area contributed by atoms with Gasteiger partial charge in [0.1, 0.15) is 12.4 Å². The summed E-state index contributed by atoms with van der Waals surface area (Å²) in [6.45, 7) is 0.901. The molecule has 0 atom stereocenters. The summed E-state index contributed by atoms with van der Waals surface area (Å²) in [5, 5.41) is 3.90. The maximum Gasteiger partial charge on any atom is 0.224 e. The largest absolute Gasteiger partial charge is 0.492 e. The Morgan fingerprint density at radius 2 is 1.96 bits per heavy atom. The Kier molecular flexibility index (Phi) is 5.43. The second-order valence-corrected chi connectivity index (χ2v) is 6.28. The van der Waals surface area contributed by atoms with E-state index in [0.717, 1.165) is 26.7 Å². The highest BCUT2D eigenvalue weighted by molar-refractivity contribution is 9.10. The molecule has 2 aromatic carbocycles. The molecule has 0 radical (unpaired) electrons. The van der Waals surface area contributed by atoms with Gasteiger partial charge in [-0.2, -0.15) is 0 Å². The smallest absolute Gasteiger partial charge is 0.224 e. The molecular weight excluding hydrogens is 368 g/mol. The Bertz CT molecular complexity index is 834. The molecule has 122 valence electrons. The number of pyridine rings is 1. The van der Waals surface area contributed by atoms with Crippen LogP contribution < -0.4 is 10.1 Å². The van der Waals surface area contributed by atoms with Gasteiger partial charge >= 0.3 is 0 Å². The third-order valence-electron chi connectivity index (χ3n) is 3.55. The molecule has 1 aromatic heterocycles. The molecular formula is C19H17BrN2O2. The van der Waals surface area contributed by atoms with Gasteiger partial charge in [0.25, 0.3) is 0 Å². The van der Waals surface area contributed by atoms with Gasteiger partial charge in [-0.15, -0.1) is 0 Å². The summed E-state index contributed by atoms with van der Waals surface area (Å²) in [6.07, 6.45) is 2.14. The summed E-state index contributed by atoms with van der Waals surface area (Å²) >= 11 is 3.38. The lowest BCUT2D eigenvalue weighted by Gasteiger charge is -2.08. The van der Waals surface area contributed by atoms with Crippen LogP contribution in [0, 0.1) is 0 Å². The molecule has 0 spiro atoms. The number of nitrogens with one attached hydrogen (secondary N) is 1. The van der Waals surface area contributed by atoms with Crippen molar-refractivity contribution in [2.24, 2.45) is 0 Å². The topological polar surface area (TPSA) is 51.2 Å². The number of aromatic nitrogens is 1. The van der Waals surface area contributed by atoms with Crippen molar-refractivity contribution in [1.82, 2.24) is 10.3 Å². The van der Waals surface area contributed by atoms with Crippen LogP contribution in [0.5, 0.6) is 5.75 Å². The van der Waals surface area contributed by atoms with Gasteiger partial charge in [0, 0.05) is 16.1 Å². The van der Waals surface area contributed by atoms with Crippen molar-refractivity contribution in [2.45, 2.75) is 6.42 Å². The average Bonchev–Trinajstić information content (AvgIpc) is 2.60. The highest BCUT2D eigenvalue weighted by Gasteiger charge is 2.03. The van der Waals surface area contributed by atoms with Crippen LogP contribution in [0.15, 0.2) is 65.3 Å². The van der Waals surface area contributed by atoms with Crippen molar-refractivity contribution in [1.29, 1.82) is 0 Å². The maximum atomic E-state index is 11.9. The minimum Gasteiger partial charge on any atom is -0.492 e. The standard InChI is InChI=1S/C19H17BrN2O2/c20-16-5-3-14(4-6-16)12-19(23)22-10-11-24-17-7-8-18-15(13-17)2-1-9-21-18/h1-9,13H,10-12H2,(H,22,23). The van der Waals surface area contributed by atoms with Gasteiger partial charge in [0.15, 0.2) is 0 Å². The molecule has 0 aliphatic heterocycles. The molecule has 5 heteroatoms. The third-order valence-corrected chi connectivity index (χ3v) is 4.07. The van der Waals surface area contributed by atoms with Crippen LogP contribution in [0.25, 0.3) is 10.9 Å². The summed E-state index contributed by atoms with van der Waals surface area (Å²) in [4.78, 5) is 16.2. The van der Waals surface area contributed by atoms with Crippen molar-refractivity contribution < 1.29 is 9.53 Å². The Morgan fingerprint density at radius 1 is 1.12 bits per heavy atom. The Labute approximate surface area is 149 Å². The van der Waals surface area contributed by atoms with Gasteiger partial charge in [0.05, 0.1) is 18.5 Å². The van der Waals surface area contributed by atoms with Crippen molar-refractivity contribution in [3.63, 3.8) is 0 Å². The van der Waals surface area contributed by atoms with Crippen molar-refractivity contribution in [3.05, 3.63) is 70.8 Å². The van der Waals surface area contributed by atoms with Gasteiger partial charge in [0.2, 0.25) is 5.91 Å². The number of carbonyl (C=O) groups excluding carboxylic acids is 1. The third kappa shape index (κ3) is 4.55. The lowest BCUT2D eigenvalue weighted by Crippen LogP contribution is -2.29. The number of hydrogen-bond donors (Lipinski definition) is 1. The lowest BCUT2D eigenvalue weighted by molar-refractivity contribution is -0.120. The van der Waals surface area contributed by atoms with Gasteiger partial charge in [-0.05, 0) is 42.0 Å². The van der Waals surface area contributed by atoms with Crippen LogP contribution in [0.4, 0.5) is 0 Å². The number of nitrogens with zero attached hydrogens (tertiary/aromatic N) is 1. The summed E-state index contributed by atoms with van der Waals surface area (Å²) in [5.41, 5.74) is 1.92. The molecule has 1 N–H and O–H groups in total. The number of carbonyl (C=O) groups is 1. The fourth-order valence-electron chi connectivity index (χ4n) is 2.35. The number of amides is 1. The number of rotatable bonds is 6. The Hall–Kier alpha value is -2.40. The summed E-state index contributed by atoms with van der Waals surface area (Å²) in [5.74, 6) is 0.765. The number of hydrogen-bond acceptors (Lipinski definition) is 3. The minimum absolute atomic E-state index is 0.0105. The van der Waals surface area contributed by atoms with E-state index >= 15 is 0 Å². The summed E-state index contributed by atoms with van der Waals surface area (Å²) in [6, 6.07) is 17.4. The highest BCUT2D eigenvalue weighted by Crippen LogP contribution is 2.18. The van der Waals surface area contributed by atoms with E-state index in [1.807, 2.05) is 54.6 Å². The fourth-order valence-corrected chi connectivity index (χ4v) is 2.62. The first kappa shape index (κ1) is 16.5. The van der Waals surface area contributed by atoms with E-state index in [1.54, 1.807) is 6.20 Å². The average molecular weight is 385 g/mol. The van der Waals surface area contributed by atoms with E-state index in [1.165, 1.54) is 0 Å². The number of fused-ring (bicyclic) bond motifs is 1. The highest BCUT2D eigenvalue weighted by atomic mass is 79.9. The molecule has 4 nitrogen and oxygen atoms in total. The fraction of sp³-hybridized carbons (Fsp3) is 0.158. The van der Waals surface area contributed by atoms with Gasteiger partial charge in [-0.25, -0.2) is 0 Å². The molecule has 0 aliphatic rings. The molecule has 0 unspecified atom stereocenters. The van der Waals surface area contributed by atoms with Crippen LogP contribution >= 0.6 is 15.9 Å². The van der Waals surface area contributed by atoms with E-state index in [2.05, 4.69) is 26.2 Å².